The molecule has 0 fully saturated rings. The maximum atomic E-state index is 12.1. The molecule has 5 heteroatoms. The molecule has 2 N–H and O–H groups in total. The van der Waals surface area contributed by atoms with E-state index in [1.54, 1.807) is 24.3 Å². The first-order chi connectivity index (χ1) is 10.5. The number of carbonyl (C=O) groups excluding carboxylic acids is 2. The molecule has 0 atom stereocenters. The van der Waals surface area contributed by atoms with Crippen LogP contribution in [0, 0.1) is 0 Å². The fourth-order valence-electron chi connectivity index (χ4n) is 2.01. The molecule has 0 saturated heterocycles. The summed E-state index contributed by atoms with van der Waals surface area (Å²) in [4.78, 5) is 23.1. The van der Waals surface area contributed by atoms with Crippen molar-refractivity contribution < 1.29 is 9.59 Å². The predicted octanol–water partition coefficient (Wildman–Crippen LogP) is 3.27. The van der Waals surface area contributed by atoms with E-state index in [0.29, 0.717) is 22.8 Å². The van der Waals surface area contributed by atoms with E-state index in [2.05, 4.69) is 10.6 Å². The summed E-state index contributed by atoms with van der Waals surface area (Å²) < 4.78 is 0. The van der Waals surface area contributed by atoms with E-state index in [1.165, 1.54) is 6.92 Å². The van der Waals surface area contributed by atoms with Gasteiger partial charge in [-0.25, -0.2) is 0 Å². The van der Waals surface area contributed by atoms with Gasteiger partial charge in [0, 0.05) is 29.7 Å². The van der Waals surface area contributed by atoms with Crippen molar-refractivity contribution in [1.29, 1.82) is 0 Å². The van der Waals surface area contributed by atoms with Gasteiger partial charge in [-0.3, -0.25) is 9.59 Å². The highest BCUT2D eigenvalue weighted by Crippen LogP contribution is 2.11. The van der Waals surface area contributed by atoms with Gasteiger partial charge in [0.1, 0.15) is 0 Å². The summed E-state index contributed by atoms with van der Waals surface area (Å²) in [5, 5.41) is 6.21. The molecule has 0 unspecified atom stereocenters. The summed E-state index contributed by atoms with van der Waals surface area (Å²) in [7, 11) is 0. The fourth-order valence-corrected chi connectivity index (χ4v) is 2.14. The molecule has 2 aromatic carbocycles. The summed E-state index contributed by atoms with van der Waals surface area (Å²) in [6.45, 7) is 1.96. The smallest absolute Gasteiger partial charge is 0.251 e. The fraction of sp³-hybridized carbons (Fsp3) is 0.176. The minimum Gasteiger partial charge on any atom is -0.352 e. The number of carbonyl (C=O) groups is 2. The van der Waals surface area contributed by atoms with Crippen molar-refractivity contribution in [3.8, 4) is 0 Å². The lowest BCUT2D eigenvalue weighted by Gasteiger charge is -2.07. The summed E-state index contributed by atoms with van der Waals surface area (Å²) in [5.41, 5.74) is 2.23. The van der Waals surface area contributed by atoms with Crippen molar-refractivity contribution in [2.24, 2.45) is 0 Å². The van der Waals surface area contributed by atoms with Crippen molar-refractivity contribution >= 4 is 29.1 Å². The van der Waals surface area contributed by atoms with Crippen molar-refractivity contribution in [1.82, 2.24) is 5.32 Å². The van der Waals surface area contributed by atoms with Crippen molar-refractivity contribution in [2.75, 3.05) is 11.9 Å². The number of benzene rings is 2. The quantitative estimate of drug-likeness (QED) is 0.889. The lowest BCUT2D eigenvalue weighted by Crippen LogP contribution is -2.25. The molecule has 0 heterocycles. The van der Waals surface area contributed by atoms with Crippen molar-refractivity contribution in [3.05, 3.63) is 64.7 Å². The molecule has 2 rings (SSSR count). The highest BCUT2D eigenvalue weighted by molar-refractivity contribution is 6.30. The Bertz CT molecular complexity index is 669. The lowest BCUT2D eigenvalue weighted by atomic mass is 10.1. The number of anilines is 1. The molecule has 0 aliphatic carbocycles. The molecule has 114 valence electrons. The maximum absolute atomic E-state index is 12.1. The van der Waals surface area contributed by atoms with Crippen LogP contribution in [0.2, 0.25) is 5.02 Å². The van der Waals surface area contributed by atoms with Gasteiger partial charge in [0.05, 0.1) is 0 Å². The number of hydrogen-bond acceptors (Lipinski definition) is 2. The van der Waals surface area contributed by atoms with Gasteiger partial charge in [-0.05, 0) is 42.3 Å². The number of hydrogen-bond donors (Lipinski definition) is 2. The third-order valence-corrected chi connectivity index (χ3v) is 3.31. The summed E-state index contributed by atoms with van der Waals surface area (Å²) in [5.74, 6) is -0.332. The topological polar surface area (TPSA) is 58.2 Å². The number of nitrogens with one attached hydrogen (secondary N) is 2. The predicted molar refractivity (Wildman–Crippen MR) is 88.2 cm³/mol. The highest BCUT2D eigenvalue weighted by atomic mass is 35.5. The van der Waals surface area contributed by atoms with Crippen LogP contribution < -0.4 is 10.6 Å². The first kappa shape index (κ1) is 16.0. The number of halogens is 1. The van der Waals surface area contributed by atoms with E-state index in [0.717, 1.165) is 12.0 Å². The van der Waals surface area contributed by atoms with Gasteiger partial charge in [-0.2, -0.15) is 0 Å². The minimum atomic E-state index is -0.166. The molecule has 0 aliphatic heterocycles. The molecular weight excluding hydrogens is 300 g/mol. The van der Waals surface area contributed by atoms with Gasteiger partial charge < -0.3 is 10.6 Å². The second kappa shape index (κ2) is 7.61. The Hall–Kier alpha value is -2.33. The Morgan fingerprint density at radius 3 is 2.50 bits per heavy atom. The number of rotatable bonds is 5. The standard InChI is InChI=1S/C17H17ClN2O2/c1-12(21)20-16-4-2-3-14(11-16)17(22)19-10-9-13-5-7-15(18)8-6-13/h2-8,11H,9-10H2,1H3,(H,19,22)(H,20,21). The third-order valence-electron chi connectivity index (χ3n) is 3.06. The van der Waals surface area contributed by atoms with Crippen LogP contribution >= 0.6 is 11.6 Å². The molecule has 0 radical (unpaired) electrons. The van der Waals surface area contributed by atoms with Gasteiger partial charge in [-0.15, -0.1) is 0 Å². The lowest BCUT2D eigenvalue weighted by molar-refractivity contribution is -0.114. The Balaban J connectivity index is 1.89. The Kier molecular flexibility index (Phi) is 5.55. The molecule has 22 heavy (non-hydrogen) atoms. The molecule has 4 nitrogen and oxygen atoms in total. The monoisotopic (exact) mass is 316 g/mol. The zero-order chi connectivity index (χ0) is 15.9. The molecule has 0 aliphatic rings. The summed E-state index contributed by atoms with van der Waals surface area (Å²) in [6, 6.07) is 14.4. The average Bonchev–Trinajstić information content (AvgIpc) is 2.49. The third kappa shape index (κ3) is 4.90. The van der Waals surface area contributed by atoms with E-state index in [-0.39, 0.29) is 11.8 Å². The zero-order valence-corrected chi connectivity index (χ0v) is 13.0. The second-order valence-corrected chi connectivity index (χ2v) is 5.33. The Labute approximate surface area is 134 Å². The van der Waals surface area contributed by atoms with Crippen LogP contribution in [0.15, 0.2) is 48.5 Å². The van der Waals surface area contributed by atoms with Crippen LogP contribution in [-0.4, -0.2) is 18.4 Å². The second-order valence-electron chi connectivity index (χ2n) is 4.89. The molecule has 2 amide bonds. The largest absolute Gasteiger partial charge is 0.352 e. The average molecular weight is 317 g/mol. The van der Waals surface area contributed by atoms with Crippen LogP contribution in [0.3, 0.4) is 0 Å². The van der Waals surface area contributed by atoms with Gasteiger partial charge in [-0.1, -0.05) is 29.8 Å². The number of amides is 2. The van der Waals surface area contributed by atoms with Gasteiger partial charge in [0.15, 0.2) is 0 Å². The SMILES string of the molecule is CC(=O)Nc1cccc(C(=O)NCCc2ccc(Cl)cc2)c1. The Morgan fingerprint density at radius 1 is 1.09 bits per heavy atom. The van der Waals surface area contributed by atoms with E-state index in [1.807, 2.05) is 24.3 Å². The van der Waals surface area contributed by atoms with Gasteiger partial charge >= 0.3 is 0 Å². The normalized spacial score (nSPS) is 10.1. The van der Waals surface area contributed by atoms with Crippen molar-refractivity contribution in [3.63, 3.8) is 0 Å². The van der Waals surface area contributed by atoms with E-state index in [4.69, 9.17) is 11.6 Å². The van der Waals surface area contributed by atoms with Crippen LogP contribution in [0.5, 0.6) is 0 Å². The van der Waals surface area contributed by atoms with E-state index >= 15 is 0 Å². The summed E-state index contributed by atoms with van der Waals surface area (Å²) in [6.07, 6.45) is 0.730. The van der Waals surface area contributed by atoms with Gasteiger partial charge in [0.2, 0.25) is 5.91 Å². The molecule has 2 aromatic rings. The van der Waals surface area contributed by atoms with Crippen LogP contribution in [-0.2, 0) is 11.2 Å². The molecule has 0 spiro atoms. The summed E-state index contributed by atoms with van der Waals surface area (Å²) >= 11 is 5.83. The van der Waals surface area contributed by atoms with E-state index < -0.39 is 0 Å². The van der Waals surface area contributed by atoms with Crippen LogP contribution in [0.25, 0.3) is 0 Å². The molecule has 0 saturated carbocycles. The van der Waals surface area contributed by atoms with Crippen LogP contribution in [0.4, 0.5) is 5.69 Å². The first-order valence-corrected chi connectivity index (χ1v) is 7.33. The molecule has 0 bridgehead atoms. The first-order valence-electron chi connectivity index (χ1n) is 6.95. The highest BCUT2D eigenvalue weighted by Gasteiger charge is 2.06. The van der Waals surface area contributed by atoms with Crippen molar-refractivity contribution in [2.45, 2.75) is 13.3 Å². The zero-order valence-electron chi connectivity index (χ0n) is 12.2. The molecular formula is C17H17ClN2O2. The van der Waals surface area contributed by atoms with E-state index in [9.17, 15) is 9.59 Å². The minimum absolute atomic E-state index is 0.166. The maximum Gasteiger partial charge on any atom is 0.251 e. The molecule has 0 aromatic heterocycles. The Morgan fingerprint density at radius 2 is 1.82 bits per heavy atom. The van der Waals surface area contributed by atoms with Crippen LogP contribution in [0.1, 0.15) is 22.8 Å². The van der Waals surface area contributed by atoms with Gasteiger partial charge in [0.25, 0.3) is 5.91 Å².